The molecule has 0 spiro atoms. The van der Waals surface area contributed by atoms with E-state index in [-0.39, 0.29) is 26.5 Å². The molecule has 2 rings (SSSR count). The zero-order valence-electron chi connectivity index (χ0n) is 10.0. The Hall–Kier alpha value is -0.530. The second-order valence-corrected chi connectivity index (χ2v) is 6.96. The van der Waals surface area contributed by atoms with Crippen LogP contribution in [0.3, 0.4) is 0 Å². The first-order valence-electron chi connectivity index (χ1n) is 5.72. The predicted octanol–water partition coefficient (Wildman–Crippen LogP) is 1.89. The summed E-state index contributed by atoms with van der Waals surface area (Å²) in [6, 6.07) is 2.58. The van der Waals surface area contributed by atoms with Crippen molar-refractivity contribution in [3.63, 3.8) is 0 Å². The molecule has 106 valence electrons. The number of benzene rings is 1. The predicted molar refractivity (Wildman–Crippen MR) is 75.0 cm³/mol. The Bertz CT molecular complexity index is 548. The molecule has 1 saturated heterocycles. The van der Waals surface area contributed by atoms with Gasteiger partial charge >= 0.3 is 0 Å². The average Bonchev–Trinajstić information content (AvgIpc) is 2.86. The highest BCUT2D eigenvalue weighted by atomic mass is 35.5. The lowest BCUT2D eigenvalue weighted by atomic mass is 10.1. The van der Waals surface area contributed by atoms with Crippen LogP contribution >= 0.6 is 23.2 Å². The van der Waals surface area contributed by atoms with E-state index in [2.05, 4.69) is 4.72 Å². The van der Waals surface area contributed by atoms with Crippen molar-refractivity contribution in [1.82, 2.24) is 4.72 Å². The Labute approximate surface area is 122 Å². The Balaban J connectivity index is 2.14. The molecule has 19 heavy (non-hydrogen) atoms. The fourth-order valence-electron chi connectivity index (χ4n) is 1.77. The third-order valence-corrected chi connectivity index (χ3v) is 4.98. The summed E-state index contributed by atoms with van der Waals surface area (Å²) in [5.41, 5.74) is 5.74. The van der Waals surface area contributed by atoms with Crippen molar-refractivity contribution in [2.75, 3.05) is 25.5 Å². The molecule has 1 aliphatic heterocycles. The third-order valence-electron chi connectivity index (χ3n) is 2.95. The van der Waals surface area contributed by atoms with Crippen LogP contribution in [-0.2, 0) is 14.8 Å². The highest BCUT2D eigenvalue weighted by Gasteiger charge is 2.21. The molecule has 1 aliphatic rings. The summed E-state index contributed by atoms with van der Waals surface area (Å²) < 4.78 is 31.9. The summed E-state index contributed by atoms with van der Waals surface area (Å²) in [5, 5.41) is 0.245. The van der Waals surface area contributed by atoms with Crippen LogP contribution in [0.2, 0.25) is 10.0 Å². The Morgan fingerprint density at radius 3 is 2.53 bits per heavy atom. The van der Waals surface area contributed by atoms with Gasteiger partial charge in [0.2, 0.25) is 10.0 Å². The summed E-state index contributed by atoms with van der Waals surface area (Å²) in [6.45, 7) is 1.58. The number of halogens is 2. The zero-order chi connectivity index (χ0) is 14.0. The molecule has 0 aromatic heterocycles. The minimum Gasteiger partial charge on any atom is -0.396 e. The molecule has 0 amide bonds. The summed E-state index contributed by atoms with van der Waals surface area (Å²) in [5.74, 6) is 0.203. The minimum atomic E-state index is -3.64. The van der Waals surface area contributed by atoms with Crippen LogP contribution in [0.15, 0.2) is 17.0 Å². The van der Waals surface area contributed by atoms with E-state index in [0.717, 1.165) is 6.42 Å². The van der Waals surface area contributed by atoms with Gasteiger partial charge in [0, 0.05) is 13.2 Å². The summed E-state index contributed by atoms with van der Waals surface area (Å²) in [6.07, 6.45) is 0.853. The number of sulfonamides is 1. The van der Waals surface area contributed by atoms with E-state index in [9.17, 15) is 8.42 Å². The van der Waals surface area contributed by atoms with E-state index in [0.29, 0.717) is 19.8 Å². The van der Waals surface area contributed by atoms with Crippen LogP contribution in [0.25, 0.3) is 0 Å². The second-order valence-electron chi connectivity index (χ2n) is 4.38. The van der Waals surface area contributed by atoms with Crippen molar-refractivity contribution in [2.45, 2.75) is 11.3 Å². The monoisotopic (exact) mass is 324 g/mol. The number of nitrogens with one attached hydrogen (secondary N) is 1. The molecule has 1 aromatic rings. The lowest BCUT2D eigenvalue weighted by molar-refractivity contribution is 0.186. The van der Waals surface area contributed by atoms with Crippen molar-refractivity contribution in [2.24, 2.45) is 5.92 Å². The number of hydrogen-bond donors (Lipinski definition) is 2. The number of nitrogens with two attached hydrogens (primary N) is 1. The van der Waals surface area contributed by atoms with Gasteiger partial charge in [-0.2, -0.15) is 0 Å². The molecule has 0 unspecified atom stereocenters. The maximum Gasteiger partial charge on any atom is 0.240 e. The van der Waals surface area contributed by atoms with Crippen molar-refractivity contribution in [3.05, 3.63) is 22.2 Å². The normalized spacial score (nSPS) is 19.8. The van der Waals surface area contributed by atoms with E-state index in [1.807, 2.05) is 0 Å². The largest absolute Gasteiger partial charge is 0.396 e. The van der Waals surface area contributed by atoms with Gasteiger partial charge in [-0.25, -0.2) is 13.1 Å². The van der Waals surface area contributed by atoms with Gasteiger partial charge in [-0.1, -0.05) is 23.2 Å². The van der Waals surface area contributed by atoms with Crippen LogP contribution in [0.4, 0.5) is 5.69 Å². The van der Waals surface area contributed by atoms with Crippen LogP contribution < -0.4 is 10.5 Å². The molecule has 0 aliphatic carbocycles. The van der Waals surface area contributed by atoms with E-state index >= 15 is 0 Å². The SMILES string of the molecule is Nc1c(Cl)cc(S(=O)(=O)NC[C@@H]2CCOC2)cc1Cl. The van der Waals surface area contributed by atoms with Gasteiger partial charge in [-0.05, 0) is 24.5 Å². The quantitative estimate of drug-likeness (QED) is 0.829. The molecule has 0 saturated carbocycles. The Morgan fingerprint density at radius 2 is 2.00 bits per heavy atom. The van der Waals surface area contributed by atoms with E-state index in [1.165, 1.54) is 12.1 Å². The lowest BCUT2D eigenvalue weighted by Gasteiger charge is -2.11. The van der Waals surface area contributed by atoms with E-state index in [1.54, 1.807) is 0 Å². The lowest BCUT2D eigenvalue weighted by Crippen LogP contribution is -2.29. The first kappa shape index (κ1) is 14.9. The number of ether oxygens (including phenoxy) is 1. The van der Waals surface area contributed by atoms with Gasteiger partial charge < -0.3 is 10.5 Å². The number of nitrogen functional groups attached to an aromatic ring is 1. The number of anilines is 1. The minimum absolute atomic E-state index is 0.00983. The van der Waals surface area contributed by atoms with Crippen molar-refractivity contribution < 1.29 is 13.2 Å². The van der Waals surface area contributed by atoms with Crippen LogP contribution in [-0.4, -0.2) is 28.2 Å². The van der Waals surface area contributed by atoms with Crippen molar-refractivity contribution in [1.29, 1.82) is 0 Å². The number of hydrogen-bond acceptors (Lipinski definition) is 4. The zero-order valence-corrected chi connectivity index (χ0v) is 12.4. The first-order valence-corrected chi connectivity index (χ1v) is 7.96. The highest BCUT2D eigenvalue weighted by Crippen LogP contribution is 2.30. The van der Waals surface area contributed by atoms with Gasteiger partial charge in [0.25, 0.3) is 0 Å². The van der Waals surface area contributed by atoms with Gasteiger partial charge in [0.15, 0.2) is 0 Å². The second kappa shape index (κ2) is 5.85. The van der Waals surface area contributed by atoms with Gasteiger partial charge in [0.1, 0.15) is 0 Å². The molecule has 0 radical (unpaired) electrons. The number of rotatable bonds is 4. The summed E-state index contributed by atoms with van der Waals surface area (Å²) in [4.78, 5) is 0.00983. The average molecular weight is 325 g/mol. The fourth-order valence-corrected chi connectivity index (χ4v) is 3.56. The molecule has 3 N–H and O–H groups in total. The highest BCUT2D eigenvalue weighted by molar-refractivity contribution is 7.89. The first-order chi connectivity index (χ1) is 8.90. The molecule has 1 aromatic carbocycles. The van der Waals surface area contributed by atoms with Gasteiger partial charge in [-0.3, -0.25) is 0 Å². The van der Waals surface area contributed by atoms with E-state index < -0.39 is 10.0 Å². The molecule has 8 heteroatoms. The maximum absolute atomic E-state index is 12.1. The topological polar surface area (TPSA) is 81.4 Å². The molecule has 5 nitrogen and oxygen atoms in total. The third kappa shape index (κ3) is 3.52. The van der Waals surface area contributed by atoms with Gasteiger partial charge in [0.05, 0.1) is 27.2 Å². The van der Waals surface area contributed by atoms with Crippen LogP contribution in [0.1, 0.15) is 6.42 Å². The summed E-state index contributed by atoms with van der Waals surface area (Å²) in [7, 11) is -3.64. The van der Waals surface area contributed by atoms with E-state index in [4.69, 9.17) is 33.7 Å². The molecule has 1 heterocycles. The van der Waals surface area contributed by atoms with Crippen molar-refractivity contribution >= 4 is 38.9 Å². The Kier molecular flexibility index (Phi) is 4.58. The molecular formula is C11H14Cl2N2O3S. The maximum atomic E-state index is 12.1. The summed E-state index contributed by atoms with van der Waals surface area (Å²) >= 11 is 11.7. The molecular weight excluding hydrogens is 311 g/mol. The van der Waals surface area contributed by atoms with Crippen LogP contribution in [0, 0.1) is 5.92 Å². The fraction of sp³-hybridized carbons (Fsp3) is 0.455. The smallest absolute Gasteiger partial charge is 0.240 e. The molecule has 0 bridgehead atoms. The van der Waals surface area contributed by atoms with Gasteiger partial charge in [-0.15, -0.1) is 0 Å². The Morgan fingerprint density at radius 1 is 1.37 bits per heavy atom. The molecule has 1 fully saturated rings. The molecule has 1 atom stereocenters. The van der Waals surface area contributed by atoms with Crippen LogP contribution in [0.5, 0.6) is 0 Å². The van der Waals surface area contributed by atoms with Crippen molar-refractivity contribution in [3.8, 4) is 0 Å². The standard InChI is InChI=1S/C11H14Cl2N2O3S/c12-9-3-8(4-10(13)11(9)14)19(16,17)15-5-7-1-2-18-6-7/h3-4,7,15H,1-2,5-6,14H2/t7-/m0/s1.